The van der Waals surface area contributed by atoms with Gasteiger partial charge in [0.1, 0.15) is 6.54 Å². The van der Waals surface area contributed by atoms with Crippen molar-refractivity contribution in [2.45, 2.75) is 13.3 Å². The summed E-state index contributed by atoms with van der Waals surface area (Å²) >= 11 is 0. The van der Waals surface area contributed by atoms with E-state index in [-0.39, 0.29) is 18.7 Å². The number of rotatable bonds is 4. The van der Waals surface area contributed by atoms with E-state index < -0.39 is 11.8 Å². The molecule has 2 N–H and O–H groups in total. The molecular formula is C10H13NO4. The molecular weight excluding hydrogens is 198 g/mol. The first kappa shape index (κ1) is 11.3. The van der Waals surface area contributed by atoms with Crippen LogP contribution in [0.1, 0.15) is 13.3 Å². The third-order valence-electron chi connectivity index (χ3n) is 1.96. The van der Waals surface area contributed by atoms with Crippen LogP contribution in [-0.2, 0) is 14.3 Å². The number of carbonyl (C=O) groups is 2. The lowest BCUT2D eigenvalue weighted by Gasteiger charge is -2.05. The van der Waals surface area contributed by atoms with E-state index in [0.717, 1.165) is 0 Å². The Morgan fingerprint density at radius 2 is 2.33 bits per heavy atom. The highest BCUT2D eigenvalue weighted by atomic mass is 16.5. The van der Waals surface area contributed by atoms with Gasteiger partial charge in [0.2, 0.25) is 5.78 Å². The van der Waals surface area contributed by atoms with E-state index in [2.05, 4.69) is 16.6 Å². The van der Waals surface area contributed by atoms with Crippen LogP contribution in [0.2, 0.25) is 0 Å². The van der Waals surface area contributed by atoms with Crippen molar-refractivity contribution in [2.75, 3.05) is 13.2 Å². The summed E-state index contributed by atoms with van der Waals surface area (Å²) in [6, 6.07) is 0. The number of allylic oxidation sites excluding steroid dienone is 2. The summed E-state index contributed by atoms with van der Waals surface area (Å²) in [5, 5.41) is 12.0. The van der Waals surface area contributed by atoms with Gasteiger partial charge in [0.05, 0.1) is 12.3 Å². The Hall–Kier alpha value is -1.78. The number of esters is 1. The van der Waals surface area contributed by atoms with Gasteiger partial charge in [-0.3, -0.25) is 9.59 Å². The minimum Gasteiger partial charge on any atom is -0.503 e. The first-order valence-electron chi connectivity index (χ1n) is 4.60. The maximum Gasteiger partial charge on any atom is 0.325 e. The van der Waals surface area contributed by atoms with Crippen LogP contribution in [0, 0.1) is 0 Å². The van der Waals surface area contributed by atoms with Gasteiger partial charge in [-0.05, 0) is 6.92 Å². The van der Waals surface area contributed by atoms with Crippen molar-refractivity contribution in [3.05, 3.63) is 23.6 Å². The molecule has 1 aliphatic rings. The van der Waals surface area contributed by atoms with E-state index in [1.807, 2.05) is 0 Å². The zero-order valence-electron chi connectivity index (χ0n) is 8.50. The van der Waals surface area contributed by atoms with Crippen molar-refractivity contribution in [1.29, 1.82) is 0 Å². The molecule has 0 spiro atoms. The minimum absolute atomic E-state index is 0.0617. The van der Waals surface area contributed by atoms with Crippen LogP contribution in [0.15, 0.2) is 23.6 Å². The minimum atomic E-state index is -0.471. The van der Waals surface area contributed by atoms with Crippen molar-refractivity contribution < 1.29 is 19.4 Å². The average Bonchev–Trinajstić information content (AvgIpc) is 2.43. The fourth-order valence-electron chi connectivity index (χ4n) is 1.22. The quantitative estimate of drug-likeness (QED) is 0.521. The summed E-state index contributed by atoms with van der Waals surface area (Å²) in [7, 11) is 0. The van der Waals surface area contributed by atoms with E-state index in [0.29, 0.717) is 17.9 Å². The standard InChI is InChI=1S/C10H13NO4/c1-3-15-8(12)5-11-7-4-6(2)9(13)10(7)14/h11,14H,2-5H2,1H3. The fraction of sp³-hybridized carbons (Fsp3) is 0.400. The van der Waals surface area contributed by atoms with E-state index in [1.165, 1.54) is 0 Å². The lowest BCUT2D eigenvalue weighted by atomic mass is 10.2. The molecule has 0 bridgehead atoms. The molecule has 0 saturated heterocycles. The zero-order chi connectivity index (χ0) is 11.4. The van der Waals surface area contributed by atoms with Gasteiger partial charge in [0, 0.05) is 12.0 Å². The molecule has 1 rings (SSSR count). The first-order valence-corrected chi connectivity index (χ1v) is 4.60. The number of Topliss-reactive ketones (excluding diaryl/α,β-unsaturated/α-hetero) is 1. The van der Waals surface area contributed by atoms with Gasteiger partial charge in [-0.1, -0.05) is 6.58 Å². The molecule has 15 heavy (non-hydrogen) atoms. The van der Waals surface area contributed by atoms with Gasteiger partial charge in [0.15, 0.2) is 5.76 Å². The summed E-state index contributed by atoms with van der Waals surface area (Å²) in [5.41, 5.74) is 0.650. The Morgan fingerprint density at radius 1 is 1.67 bits per heavy atom. The van der Waals surface area contributed by atoms with Crippen LogP contribution in [0.25, 0.3) is 0 Å². The van der Waals surface area contributed by atoms with Crippen LogP contribution < -0.4 is 5.32 Å². The highest BCUT2D eigenvalue weighted by Gasteiger charge is 2.26. The second kappa shape index (κ2) is 4.63. The Balaban J connectivity index is 2.50. The predicted molar refractivity (Wildman–Crippen MR) is 53.1 cm³/mol. The topological polar surface area (TPSA) is 75.6 Å². The maximum absolute atomic E-state index is 11.1. The van der Waals surface area contributed by atoms with Gasteiger partial charge in [0.25, 0.3) is 0 Å². The molecule has 1 aliphatic carbocycles. The third kappa shape index (κ3) is 2.59. The largest absolute Gasteiger partial charge is 0.503 e. The Kier molecular flexibility index (Phi) is 3.49. The van der Waals surface area contributed by atoms with Gasteiger partial charge in [-0.15, -0.1) is 0 Å². The van der Waals surface area contributed by atoms with Crippen LogP contribution in [0.3, 0.4) is 0 Å². The van der Waals surface area contributed by atoms with E-state index >= 15 is 0 Å². The first-order chi connectivity index (χ1) is 7.06. The molecule has 0 aliphatic heterocycles. The smallest absolute Gasteiger partial charge is 0.325 e. The Labute approximate surface area is 87.4 Å². The number of ether oxygens (including phenoxy) is 1. The predicted octanol–water partition coefficient (Wildman–Crippen LogP) is 0.438. The van der Waals surface area contributed by atoms with Crippen molar-refractivity contribution >= 4 is 11.8 Å². The second-order valence-electron chi connectivity index (χ2n) is 3.10. The molecule has 5 heteroatoms. The van der Waals surface area contributed by atoms with Crippen LogP contribution in [0.5, 0.6) is 0 Å². The highest BCUT2D eigenvalue weighted by molar-refractivity contribution is 6.09. The number of ketones is 1. The van der Waals surface area contributed by atoms with E-state index in [4.69, 9.17) is 0 Å². The molecule has 0 aromatic carbocycles. The SMILES string of the molecule is C=C1CC(NCC(=O)OCC)=C(O)C1=O. The molecule has 0 fully saturated rings. The van der Waals surface area contributed by atoms with Crippen molar-refractivity contribution in [3.8, 4) is 0 Å². The summed E-state index contributed by atoms with van der Waals surface area (Å²) in [6.45, 7) is 5.44. The third-order valence-corrected chi connectivity index (χ3v) is 1.96. The van der Waals surface area contributed by atoms with Crippen molar-refractivity contribution in [3.63, 3.8) is 0 Å². The van der Waals surface area contributed by atoms with Gasteiger partial charge >= 0.3 is 5.97 Å². The number of aliphatic hydroxyl groups is 1. The lowest BCUT2D eigenvalue weighted by molar-refractivity contribution is -0.141. The van der Waals surface area contributed by atoms with Gasteiger partial charge < -0.3 is 15.2 Å². The number of aliphatic hydroxyl groups excluding tert-OH is 1. The van der Waals surface area contributed by atoms with Crippen LogP contribution >= 0.6 is 0 Å². The van der Waals surface area contributed by atoms with Crippen LogP contribution in [-0.4, -0.2) is 30.0 Å². The average molecular weight is 211 g/mol. The van der Waals surface area contributed by atoms with Crippen LogP contribution in [0.4, 0.5) is 0 Å². The number of hydrogen-bond donors (Lipinski definition) is 2. The maximum atomic E-state index is 11.1. The van der Waals surface area contributed by atoms with E-state index in [9.17, 15) is 14.7 Å². The van der Waals surface area contributed by atoms with Gasteiger partial charge in [-0.25, -0.2) is 0 Å². The number of nitrogens with one attached hydrogen (secondary N) is 1. The molecule has 5 nitrogen and oxygen atoms in total. The molecule has 0 radical (unpaired) electrons. The molecule has 0 aromatic heterocycles. The van der Waals surface area contributed by atoms with E-state index in [1.54, 1.807) is 6.92 Å². The molecule has 0 unspecified atom stereocenters. The molecule has 0 atom stereocenters. The summed E-state index contributed by atoms with van der Waals surface area (Å²) in [5.74, 6) is -1.26. The molecule has 0 amide bonds. The molecule has 0 heterocycles. The summed E-state index contributed by atoms with van der Waals surface area (Å²) in [6.07, 6.45) is 0.254. The van der Waals surface area contributed by atoms with Crippen molar-refractivity contribution in [1.82, 2.24) is 5.32 Å². The Bertz CT molecular complexity index is 343. The Morgan fingerprint density at radius 3 is 2.80 bits per heavy atom. The number of carbonyl (C=O) groups excluding carboxylic acids is 2. The fourth-order valence-corrected chi connectivity index (χ4v) is 1.22. The molecule has 0 aromatic rings. The highest BCUT2D eigenvalue weighted by Crippen LogP contribution is 2.22. The monoisotopic (exact) mass is 211 g/mol. The lowest BCUT2D eigenvalue weighted by Crippen LogP contribution is -2.24. The summed E-state index contributed by atoms with van der Waals surface area (Å²) < 4.78 is 4.68. The number of hydrogen-bond acceptors (Lipinski definition) is 5. The van der Waals surface area contributed by atoms with Gasteiger partial charge in [-0.2, -0.15) is 0 Å². The zero-order valence-corrected chi connectivity index (χ0v) is 8.50. The normalized spacial score (nSPS) is 15.8. The molecule has 0 saturated carbocycles. The summed E-state index contributed by atoms with van der Waals surface area (Å²) in [4.78, 5) is 22.1. The second-order valence-corrected chi connectivity index (χ2v) is 3.10. The molecule has 82 valence electrons. The van der Waals surface area contributed by atoms with Crippen molar-refractivity contribution in [2.24, 2.45) is 0 Å².